The first-order chi connectivity index (χ1) is 14.2. The molecule has 0 aliphatic carbocycles. The second kappa shape index (κ2) is 12.5. The molecule has 2 heterocycles. The molecule has 1 saturated heterocycles. The van der Waals surface area contributed by atoms with Gasteiger partial charge in [-0.15, -0.1) is 0 Å². The Morgan fingerprint density at radius 1 is 1.33 bits per heavy atom. The Bertz CT molecular complexity index is 648. The van der Waals surface area contributed by atoms with E-state index in [1.54, 1.807) is 18.2 Å². The van der Waals surface area contributed by atoms with Crippen molar-refractivity contribution in [1.82, 2.24) is 15.2 Å². The van der Waals surface area contributed by atoms with Gasteiger partial charge in [0.05, 0.1) is 18.1 Å². The molecule has 0 radical (unpaired) electrons. The second-order valence-electron chi connectivity index (χ2n) is 8.23. The van der Waals surface area contributed by atoms with Crippen LogP contribution in [0.3, 0.4) is 0 Å². The van der Waals surface area contributed by atoms with Gasteiger partial charge in [-0.2, -0.15) is 0 Å². The first kappa shape index (κ1) is 25.8. The van der Waals surface area contributed by atoms with E-state index in [9.17, 15) is 9.59 Å². The van der Waals surface area contributed by atoms with Gasteiger partial charge in [-0.3, -0.25) is 9.78 Å². The quantitative estimate of drug-likeness (QED) is 0.698. The fourth-order valence-corrected chi connectivity index (χ4v) is 3.55. The number of hydrogen-bond donors (Lipinski definition) is 2. The van der Waals surface area contributed by atoms with Crippen molar-refractivity contribution in [3.05, 3.63) is 30.1 Å². The molecule has 30 heavy (non-hydrogen) atoms. The van der Waals surface area contributed by atoms with Gasteiger partial charge >= 0.3 is 6.09 Å². The van der Waals surface area contributed by atoms with E-state index in [4.69, 9.17) is 14.6 Å². The third-order valence-corrected chi connectivity index (χ3v) is 4.89. The molecule has 1 aliphatic rings. The maximum absolute atomic E-state index is 12.6. The van der Waals surface area contributed by atoms with Gasteiger partial charge in [0.25, 0.3) is 0 Å². The van der Waals surface area contributed by atoms with Crippen LogP contribution in [0.4, 0.5) is 4.79 Å². The summed E-state index contributed by atoms with van der Waals surface area (Å²) in [5, 5.41) is 9.96. The molecule has 0 bridgehead atoms. The standard InChI is InChI=1S/C21H33N3O4.CH4O/c1-15(19(25)23-13-11-16-9-6-7-12-22-16)18(27-5)17-10-8-14-24(17)20(26)28-21(2,3)4;1-2/h6-7,9,12,15,17-18H,8,10-11,13-14H2,1-5H3,(H,23,25);2H,1H3. The van der Waals surface area contributed by atoms with E-state index in [1.165, 1.54) is 0 Å². The second-order valence-corrected chi connectivity index (χ2v) is 8.23. The van der Waals surface area contributed by atoms with Crippen LogP contribution in [0, 0.1) is 5.92 Å². The predicted octanol–water partition coefficient (Wildman–Crippen LogP) is 2.40. The minimum Gasteiger partial charge on any atom is -0.444 e. The number of carbonyl (C=O) groups is 2. The number of ether oxygens (including phenoxy) is 2. The molecule has 0 aromatic carbocycles. The zero-order valence-electron chi connectivity index (χ0n) is 19.1. The van der Waals surface area contributed by atoms with Crippen molar-refractivity contribution in [1.29, 1.82) is 0 Å². The molecule has 170 valence electrons. The van der Waals surface area contributed by atoms with E-state index in [-0.39, 0.29) is 30.1 Å². The van der Waals surface area contributed by atoms with Gasteiger partial charge in [-0.25, -0.2) is 4.79 Å². The number of amides is 2. The van der Waals surface area contributed by atoms with Gasteiger partial charge in [-0.1, -0.05) is 13.0 Å². The number of nitrogens with one attached hydrogen (secondary N) is 1. The van der Waals surface area contributed by atoms with Gasteiger partial charge < -0.3 is 24.8 Å². The Kier molecular flexibility index (Phi) is 10.8. The number of aromatic nitrogens is 1. The van der Waals surface area contributed by atoms with Crippen LogP contribution in [0.25, 0.3) is 0 Å². The Balaban J connectivity index is 0.00000218. The summed E-state index contributed by atoms with van der Waals surface area (Å²) in [7, 11) is 2.59. The summed E-state index contributed by atoms with van der Waals surface area (Å²) in [6, 6.07) is 5.56. The average molecular weight is 424 g/mol. The zero-order chi connectivity index (χ0) is 22.7. The Morgan fingerprint density at radius 3 is 2.60 bits per heavy atom. The maximum Gasteiger partial charge on any atom is 0.410 e. The summed E-state index contributed by atoms with van der Waals surface area (Å²) in [5.41, 5.74) is 0.381. The summed E-state index contributed by atoms with van der Waals surface area (Å²) in [6.45, 7) is 8.52. The van der Waals surface area contributed by atoms with Crippen molar-refractivity contribution in [3.63, 3.8) is 0 Å². The van der Waals surface area contributed by atoms with Crippen LogP contribution in [0.5, 0.6) is 0 Å². The number of pyridine rings is 1. The lowest BCUT2D eigenvalue weighted by Crippen LogP contribution is -2.50. The third-order valence-electron chi connectivity index (χ3n) is 4.89. The van der Waals surface area contributed by atoms with Crippen molar-refractivity contribution >= 4 is 12.0 Å². The molecule has 0 saturated carbocycles. The molecule has 1 aromatic rings. The third kappa shape index (κ3) is 7.91. The minimum absolute atomic E-state index is 0.0844. The molecule has 8 heteroatoms. The Morgan fingerprint density at radius 2 is 2.03 bits per heavy atom. The number of methoxy groups -OCH3 is 1. The van der Waals surface area contributed by atoms with Crippen LogP contribution in [0.15, 0.2) is 24.4 Å². The van der Waals surface area contributed by atoms with E-state index in [1.807, 2.05) is 45.9 Å². The number of nitrogens with zero attached hydrogens (tertiary/aromatic N) is 2. The minimum atomic E-state index is -0.554. The van der Waals surface area contributed by atoms with Gasteiger partial charge in [0.15, 0.2) is 0 Å². The summed E-state index contributed by atoms with van der Waals surface area (Å²) < 4.78 is 11.2. The largest absolute Gasteiger partial charge is 0.444 e. The summed E-state index contributed by atoms with van der Waals surface area (Å²) in [6.07, 6.45) is 3.35. The molecule has 1 aromatic heterocycles. The monoisotopic (exact) mass is 423 g/mol. The topological polar surface area (TPSA) is 101 Å². The van der Waals surface area contributed by atoms with Crippen LogP contribution >= 0.6 is 0 Å². The highest BCUT2D eigenvalue weighted by Crippen LogP contribution is 2.28. The van der Waals surface area contributed by atoms with Gasteiger partial charge in [0.2, 0.25) is 5.91 Å². The molecule has 1 aliphatic heterocycles. The van der Waals surface area contributed by atoms with E-state index in [0.29, 0.717) is 19.5 Å². The highest BCUT2D eigenvalue weighted by molar-refractivity contribution is 5.79. The van der Waals surface area contributed by atoms with Crippen molar-refractivity contribution < 1.29 is 24.2 Å². The van der Waals surface area contributed by atoms with E-state index >= 15 is 0 Å². The molecular formula is C22H37N3O5. The lowest BCUT2D eigenvalue weighted by atomic mass is 9.95. The number of aliphatic hydroxyl groups excluding tert-OH is 1. The number of aliphatic hydroxyl groups is 1. The summed E-state index contributed by atoms with van der Waals surface area (Å²) >= 11 is 0. The maximum atomic E-state index is 12.6. The van der Waals surface area contributed by atoms with Crippen molar-refractivity contribution in [2.75, 3.05) is 27.3 Å². The van der Waals surface area contributed by atoms with Gasteiger partial charge in [0.1, 0.15) is 5.60 Å². The van der Waals surface area contributed by atoms with E-state index in [0.717, 1.165) is 25.6 Å². The lowest BCUT2D eigenvalue weighted by Gasteiger charge is -2.34. The Hall–Kier alpha value is -2.19. The van der Waals surface area contributed by atoms with Crippen LogP contribution in [0.1, 0.15) is 46.2 Å². The number of carbonyl (C=O) groups excluding carboxylic acids is 2. The molecule has 0 spiro atoms. The SMILES string of the molecule is CO.COC(C(C)C(=O)NCCc1ccccn1)C1CCCN1C(=O)OC(C)(C)C. The number of likely N-dealkylation sites (tertiary alicyclic amines) is 1. The summed E-state index contributed by atoms with van der Waals surface area (Å²) in [4.78, 5) is 31.2. The smallest absolute Gasteiger partial charge is 0.410 e. The normalized spacial score (nSPS) is 18.1. The Labute approximate surface area is 180 Å². The zero-order valence-corrected chi connectivity index (χ0v) is 19.1. The van der Waals surface area contributed by atoms with Gasteiger partial charge in [-0.05, 0) is 45.7 Å². The van der Waals surface area contributed by atoms with Crippen molar-refractivity contribution in [3.8, 4) is 0 Å². The predicted molar refractivity (Wildman–Crippen MR) is 115 cm³/mol. The average Bonchev–Trinajstić information content (AvgIpc) is 3.19. The first-order valence-electron chi connectivity index (χ1n) is 10.4. The van der Waals surface area contributed by atoms with Gasteiger partial charge in [0, 0.05) is 45.6 Å². The molecule has 3 atom stereocenters. The fraction of sp³-hybridized carbons (Fsp3) is 0.682. The molecule has 8 nitrogen and oxygen atoms in total. The highest BCUT2D eigenvalue weighted by atomic mass is 16.6. The van der Waals surface area contributed by atoms with Crippen molar-refractivity contribution in [2.24, 2.45) is 5.92 Å². The molecule has 3 unspecified atom stereocenters. The highest BCUT2D eigenvalue weighted by Gasteiger charge is 2.41. The van der Waals surface area contributed by atoms with E-state index < -0.39 is 5.60 Å². The molecule has 2 rings (SSSR count). The van der Waals surface area contributed by atoms with E-state index in [2.05, 4.69) is 10.3 Å². The molecule has 2 N–H and O–H groups in total. The fourth-order valence-electron chi connectivity index (χ4n) is 3.55. The molecular weight excluding hydrogens is 386 g/mol. The summed E-state index contributed by atoms with van der Waals surface area (Å²) in [5.74, 6) is -0.472. The van der Waals surface area contributed by atoms with Crippen LogP contribution in [0.2, 0.25) is 0 Å². The van der Waals surface area contributed by atoms with Crippen LogP contribution in [-0.4, -0.2) is 72.0 Å². The molecule has 2 amide bonds. The van der Waals surface area contributed by atoms with Crippen LogP contribution < -0.4 is 5.32 Å². The lowest BCUT2D eigenvalue weighted by molar-refractivity contribution is -0.130. The van der Waals surface area contributed by atoms with Crippen LogP contribution in [-0.2, 0) is 20.7 Å². The first-order valence-corrected chi connectivity index (χ1v) is 10.4. The molecule has 1 fully saturated rings. The number of hydrogen-bond acceptors (Lipinski definition) is 6. The van der Waals surface area contributed by atoms with Crippen molar-refractivity contribution in [2.45, 2.75) is 64.7 Å². The number of rotatable bonds is 7.